The number of halogens is 1. The van der Waals surface area contributed by atoms with Gasteiger partial charge in [-0.1, -0.05) is 35.9 Å². The summed E-state index contributed by atoms with van der Waals surface area (Å²) in [5, 5.41) is 0. The Morgan fingerprint density at radius 3 is 2.48 bits per heavy atom. The van der Waals surface area contributed by atoms with Crippen molar-refractivity contribution < 1.29 is 18.4 Å². The van der Waals surface area contributed by atoms with Crippen LogP contribution >= 0.6 is 11.8 Å². The largest absolute Gasteiger partial charge is 0.468 e. The fourth-order valence-corrected chi connectivity index (χ4v) is 4.37. The zero-order valence-corrected chi connectivity index (χ0v) is 16.8. The van der Waals surface area contributed by atoms with E-state index in [1.54, 1.807) is 24.5 Å². The number of anilines is 1. The van der Waals surface area contributed by atoms with Gasteiger partial charge in [0.25, 0.3) is 11.8 Å². The van der Waals surface area contributed by atoms with E-state index in [1.165, 1.54) is 30.0 Å². The molecule has 1 aliphatic heterocycles. The van der Waals surface area contributed by atoms with Crippen LogP contribution in [0.25, 0.3) is 5.57 Å². The van der Waals surface area contributed by atoms with Gasteiger partial charge < -0.3 is 4.42 Å². The molecule has 1 aliphatic rings. The molecule has 0 unspecified atom stereocenters. The van der Waals surface area contributed by atoms with Crippen molar-refractivity contribution in [1.82, 2.24) is 0 Å². The van der Waals surface area contributed by atoms with Gasteiger partial charge in [0.2, 0.25) is 0 Å². The molecule has 2 heterocycles. The number of furan rings is 1. The van der Waals surface area contributed by atoms with Crippen LogP contribution in [-0.4, -0.2) is 11.8 Å². The lowest BCUT2D eigenvalue weighted by Crippen LogP contribution is -2.32. The van der Waals surface area contributed by atoms with Crippen LogP contribution in [-0.2, 0) is 15.3 Å². The molecule has 4 nitrogen and oxygen atoms in total. The highest BCUT2D eigenvalue weighted by Crippen LogP contribution is 2.41. The minimum Gasteiger partial charge on any atom is -0.468 e. The lowest BCUT2D eigenvalue weighted by molar-refractivity contribution is -0.119. The molecule has 0 N–H and O–H groups in total. The fourth-order valence-electron chi connectivity index (χ4n) is 3.37. The number of para-hydroxylation sites is 1. The summed E-state index contributed by atoms with van der Waals surface area (Å²) in [5.74, 6) is -0.583. The molecule has 29 heavy (non-hydrogen) atoms. The van der Waals surface area contributed by atoms with E-state index in [1.807, 2.05) is 32.0 Å². The van der Waals surface area contributed by atoms with Gasteiger partial charge in [0, 0.05) is 0 Å². The Kier molecular flexibility index (Phi) is 5.11. The zero-order valence-electron chi connectivity index (χ0n) is 15.9. The Labute approximate surface area is 172 Å². The maximum Gasteiger partial charge on any atom is 0.272 e. The number of carbonyl (C=O) groups is 2. The van der Waals surface area contributed by atoms with Gasteiger partial charge in [-0.15, -0.1) is 11.8 Å². The average Bonchev–Trinajstić information content (AvgIpc) is 3.28. The summed E-state index contributed by atoms with van der Waals surface area (Å²) in [7, 11) is 0. The minimum atomic E-state index is -0.619. The van der Waals surface area contributed by atoms with Crippen molar-refractivity contribution in [1.29, 1.82) is 0 Å². The quantitative estimate of drug-likeness (QED) is 0.542. The van der Waals surface area contributed by atoms with Crippen LogP contribution in [0, 0.1) is 19.7 Å². The smallest absolute Gasteiger partial charge is 0.272 e. The molecule has 0 spiro atoms. The third-order valence-electron chi connectivity index (χ3n) is 4.72. The lowest BCUT2D eigenvalue weighted by atomic mass is 9.99. The normalized spacial score (nSPS) is 14.2. The number of benzene rings is 2. The molecule has 0 atom stereocenters. The number of carbonyl (C=O) groups excluding carboxylic acids is 2. The van der Waals surface area contributed by atoms with Crippen LogP contribution in [0.5, 0.6) is 0 Å². The molecule has 0 radical (unpaired) electrons. The van der Waals surface area contributed by atoms with Gasteiger partial charge in [0.05, 0.1) is 28.2 Å². The van der Waals surface area contributed by atoms with Crippen molar-refractivity contribution in [3.8, 4) is 0 Å². The monoisotopic (exact) mass is 407 g/mol. The first-order chi connectivity index (χ1) is 14.0. The summed E-state index contributed by atoms with van der Waals surface area (Å²) in [6.07, 6.45) is 1.56. The second kappa shape index (κ2) is 7.72. The first-order valence-corrected chi connectivity index (χ1v) is 10.1. The first-order valence-electron chi connectivity index (χ1n) is 9.07. The second-order valence-corrected chi connectivity index (χ2v) is 7.77. The molecule has 0 aliphatic carbocycles. The molecule has 0 bridgehead atoms. The molecule has 3 aromatic rings. The summed E-state index contributed by atoms with van der Waals surface area (Å²) in [6.45, 7) is 3.86. The molecule has 6 heteroatoms. The Bertz CT molecular complexity index is 1130. The molecule has 0 saturated carbocycles. The number of thioether (sulfide) groups is 1. The van der Waals surface area contributed by atoms with Crippen LogP contribution in [0.1, 0.15) is 22.5 Å². The molecule has 4 rings (SSSR count). The number of nitrogens with zero attached hydrogens (tertiary/aromatic N) is 1. The number of imide groups is 1. The maximum atomic E-state index is 14.4. The summed E-state index contributed by atoms with van der Waals surface area (Å²) < 4.78 is 19.8. The topological polar surface area (TPSA) is 50.5 Å². The van der Waals surface area contributed by atoms with Crippen molar-refractivity contribution in [2.24, 2.45) is 0 Å². The Morgan fingerprint density at radius 2 is 1.79 bits per heavy atom. The van der Waals surface area contributed by atoms with Gasteiger partial charge in [0.1, 0.15) is 11.6 Å². The van der Waals surface area contributed by atoms with Crippen molar-refractivity contribution in [2.45, 2.75) is 19.6 Å². The van der Waals surface area contributed by atoms with Gasteiger partial charge in [-0.25, -0.2) is 9.29 Å². The van der Waals surface area contributed by atoms with Gasteiger partial charge in [0.15, 0.2) is 0 Å². The fraction of sp³-hybridized carbons (Fsp3) is 0.130. The van der Waals surface area contributed by atoms with E-state index in [0.717, 1.165) is 16.0 Å². The van der Waals surface area contributed by atoms with Gasteiger partial charge in [-0.2, -0.15) is 0 Å². The van der Waals surface area contributed by atoms with Crippen molar-refractivity contribution in [3.05, 3.63) is 94.0 Å². The summed E-state index contributed by atoms with van der Waals surface area (Å²) in [6, 6.07) is 15.1. The predicted molar refractivity (Wildman–Crippen MR) is 112 cm³/mol. The van der Waals surface area contributed by atoms with E-state index < -0.39 is 17.6 Å². The molecule has 0 fully saturated rings. The summed E-state index contributed by atoms with van der Waals surface area (Å²) in [5.41, 5.74) is 2.87. The molecule has 146 valence electrons. The van der Waals surface area contributed by atoms with Crippen LogP contribution in [0.15, 0.2) is 70.2 Å². The molecule has 1 aromatic heterocycles. The maximum absolute atomic E-state index is 14.4. The number of rotatable bonds is 5. The highest BCUT2D eigenvalue weighted by molar-refractivity contribution is 8.03. The average molecular weight is 407 g/mol. The van der Waals surface area contributed by atoms with E-state index in [-0.39, 0.29) is 5.69 Å². The van der Waals surface area contributed by atoms with E-state index in [2.05, 4.69) is 0 Å². The highest BCUT2D eigenvalue weighted by Gasteiger charge is 2.41. The molecular weight excluding hydrogens is 389 g/mol. The van der Waals surface area contributed by atoms with Crippen molar-refractivity contribution >= 4 is 34.8 Å². The Morgan fingerprint density at radius 1 is 1.00 bits per heavy atom. The van der Waals surface area contributed by atoms with E-state index in [0.29, 0.717) is 27.6 Å². The zero-order chi connectivity index (χ0) is 20.5. The standard InChI is InChI=1S/C23H18FNO3S/c1-14-9-10-17(15(2)12-14)20-21(29-13-16-6-5-11-28-16)23(27)25(22(20)26)19-8-4-3-7-18(19)24/h3-12H,13H2,1-2H3. The molecule has 0 saturated heterocycles. The number of aryl methyl sites for hydroxylation is 2. The number of hydrogen-bond acceptors (Lipinski definition) is 4. The summed E-state index contributed by atoms with van der Waals surface area (Å²) >= 11 is 1.23. The Balaban J connectivity index is 1.81. The summed E-state index contributed by atoms with van der Waals surface area (Å²) in [4.78, 5) is 27.8. The van der Waals surface area contributed by atoms with Gasteiger partial charge in [-0.05, 0) is 49.2 Å². The van der Waals surface area contributed by atoms with Crippen LogP contribution in [0.3, 0.4) is 0 Å². The number of hydrogen-bond donors (Lipinski definition) is 0. The SMILES string of the molecule is Cc1ccc(C2=C(SCc3ccco3)C(=O)N(c3ccccc3F)C2=O)c(C)c1. The van der Waals surface area contributed by atoms with Crippen LogP contribution in [0.2, 0.25) is 0 Å². The third kappa shape index (κ3) is 3.51. The molecule has 2 amide bonds. The van der Waals surface area contributed by atoms with E-state index in [9.17, 15) is 14.0 Å². The predicted octanol–water partition coefficient (Wildman–Crippen LogP) is 5.25. The van der Waals surface area contributed by atoms with Crippen molar-refractivity contribution in [3.63, 3.8) is 0 Å². The Hall–Kier alpha value is -3.12. The first kappa shape index (κ1) is 19.2. The van der Waals surface area contributed by atoms with Gasteiger partial charge >= 0.3 is 0 Å². The highest BCUT2D eigenvalue weighted by atomic mass is 32.2. The van der Waals surface area contributed by atoms with Crippen molar-refractivity contribution in [2.75, 3.05) is 4.90 Å². The van der Waals surface area contributed by atoms with Gasteiger partial charge in [-0.3, -0.25) is 9.59 Å². The number of amides is 2. The van der Waals surface area contributed by atoms with Crippen LogP contribution in [0.4, 0.5) is 10.1 Å². The molecule has 2 aromatic carbocycles. The minimum absolute atomic E-state index is 0.0432. The van der Waals surface area contributed by atoms with Crippen LogP contribution < -0.4 is 4.90 Å². The third-order valence-corrected chi connectivity index (χ3v) is 5.82. The van der Waals surface area contributed by atoms with E-state index >= 15 is 0 Å². The second-order valence-electron chi connectivity index (χ2n) is 6.79. The van der Waals surface area contributed by atoms with E-state index in [4.69, 9.17) is 4.42 Å². The molecular formula is C23H18FNO3S. The lowest BCUT2D eigenvalue weighted by Gasteiger charge is -2.16.